The number of nitrogens with zero attached hydrogens (tertiary/aromatic N) is 1. The van der Waals surface area contributed by atoms with Gasteiger partial charge in [0.25, 0.3) is 0 Å². The number of benzene rings is 3. The first-order chi connectivity index (χ1) is 14.7. The van der Waals surface area contributed by atoms with Crippen LogP contribution in [0.25, 0.3) is 0 Å². The number of hydrogen-bond donors (Lipinski definition) is 0. The highest BCUT2D eigenvalue weighted by Gasteiger charge is 2.52. The van der Waals surface area contributed by atoms with Gasteiger partial charge in [-0.1, -0.05) is 84.4 Å². The van der Waals surface area contributed by atoms with Crippen molar-refractivity contribution in [3.8, 4) is 0 Å². The zero-order valence-corrected chi connectivity index (χ0v) is 18.0. The molecule has 154 valence electrons. The molecule has 1 unspecified atom stereocenters. The van der Waals surface area contributed by atoms with E-state index in [0.29, 0.717) is 6.61 Å². The van der Waals surface area contributed by atoms with Gasteiger partial charge >= 0.3 is 0 Å². The molecule has 3 aromatic rings. The summed E-state index contributed by atoms with van der Waals surface area (Å²) in [7, 11) is 0. The Labute approximate surface area is 184 Å². The van der Waals surface area contributed by atoms with Crippen LogP contribution in [0.1, 0.15) is 41.9 Å². The molecule has 3 aromatic carbocycles. The molecule has 0 aliphatic carbocycles. The van der Waals surface area contributed by atoms with Gasteiger partial charge < -0.3 is 4.74 Å². The Kier molecular flexibility index (Phi) is 5.64. The lowest BCUT2D eigenvalue weighted by Gasteiger charge is -2.57. The zero-order valence-electron chi connectivity index (χ0n) is 17.2. The maximum atomic E-state index is 6.98. The van der Waals surface area contributed by atoms with Gasteiger partial charge in [0.05, 0.1) is 12.5 Å². The minimum absolute atomic E-state index is 0.176. The van der Waals surface area contributed by atoms with Gasteiger partial charge in [-0.15, -0.1) is 0 Å². The summed E-state index contributed by atoms with van der Waals surface area (Å²) < 4.78 is 6.98. The number of ether oxygens (including phenoxy) is 1. The Balaban J connectivity index is 1.57. The van der Waals surface area contributed by atoms with Crippen molar-refractivity contribution in [2.75, 3.05) is 13.1 Å². The number of rotatable bonds is 6. The maximum Gasteiger partial charge on any atom is 0.133 e. The van der Waals surface area contributed by atoms with Crippen LogP contribution in [0.5, 0.6) is 0 Å². The van der Waals surface area contributed by atoms with Crippen molar-refractivity contribution in [2.45, 2.75) is 37.5 Å². The van der Waals surface area contributed by atoms with Gasteiger partial charge in [0.1, 0.15) is 5.72 Å². The van der Waals surface area contributed by atoms with Crippen LogP contribution >= 0.6 is 11.6 Å². The monoisotopic (exact) mass is 417 g/mol. The Bertz CT molecular complexity index is 912. The Morgan fingerprint density at radius 3 is 1.90 bits per heavy atom. The van der Waals surface area contributed by atoms with Crippen LogP contribution in [0.3, 0.4) is 0 Å². The average Bonchev–Trinajstić information content (AvgIpc) is 2.81. The van der Waals surface area contributed by atoms with Crippen LogP contribution in [0, 0.1) is 5.92 Å². The van der Waals surface area contributed by atoms with E-state index in [-0.39, 0.29) is 11.6 Å². The van der Waals surface area contributed by atoms with Crippen LogP contribution in [0.15, 0.2) is 84.9 Å². The molecule has 3 aliphatic heterocycles. The summed E-state index contributed by atoms with van der Waals surface area (Å²) in [4.78, 5) is 2.62. The lowest BCUT2D eigenvalue weighted by Crippen LogP contribution is -2.62. The summed E-state index contributed by atoms with van der Waals surface area (Å²) >= 11 is 6.10. The molecule has 3 heteroatoms. The van der Waals surface area contributed by atoms with Gasteiger partial charge in [0, 0.05) is 18.1 Å². The highest BCUT2D eigenvalue weighted by atomic mass is 35.5. The van der Waals surface area contributed by atoms with Crippen LogP contribution in [0.2, 0.25) is 5.02 Å². The van der Waals surface area contributed by atoms with Gasteiger partial charge in [0.2, 0.25) is 0 Å². The number of fused-ring (bicyclic) bond motifs is 3. The first-order valence-corrected chi connectivity index (χ1v) is 11.4. The topological polar surface area (TPSA) is 12.5 Å². The predicted molar refractivity (Wildman–Crippen MR) is 123 cm³/mol. The van der Waals surface area contributed by atoms with Crippen molar-refractivity contribution in [3.63, 3.8) is 0 Å². The fraction of sp³-hybridized carbons (Fsp3) is 0.333. The van der Waals surface area contributed by atoms with Crippen molar-refractivity contribution >= 4 is 11.6 Å². The summed E-state index contributed by atoms with van der Waals surface area (Å²) in [6.45, 7) is 2.82. The molecule has 3 heterocycles. The molecule has 30 heavy (non-hydrogen) atoms. The van der Waals surface area contributed by atoms with Gasteiger partial charge in [-0.3, -0.25) is 4.90 Å². The van der Waals surface area contributed by atoms with E-state index in [0.717, 1.165) is 30.5 Å². The number of halogens is 1. The third-order valence-corrected chi connectivity index (χ3v) is 7.10. The Hall–Kier alpha value is -2.13. The van der Waals surface area contributed by atoms with Gasteiger partial charge in [0.15, 0.2) is 0 Å². The van der Waals surface area contributed by atoms with Gasteiger partial charge in [-0.05, 0) is 54.0 Å². The highest BCUT2D eigenvalue weighted by molar-refractivity contribution is 6.30. The average molecular weight is 418 g/mol. The summed E-state index contributed by atoms with van der Waals surface area (Å²) in [5.74, 6) is 0.908. The molecule has 0 spiro atoms. The minimum Gasteiger partial charge on any atom is -0.355 e. The first kappa shape index (κ1) is 19.8. The van der Waals surface area contributed by atoms with Crippen LogP contribution in [0.4, 0.5) is 0 Å². The SMILES string of the molecule is Clc1ccc(COC2(C(c3ccccc3)c3ccccc3)CC3CCN2CC3)cc1. The predicted octanol–water partition coefficient (Wildman–Crippen LogP) is 6.50. The molecular weight excluding hydrogens is 390 g/mol. The minimum atomic E-state index is -0.330. The lowest BCUT2D eigenvalue weighted by molar-refractivity contribution is -0.222. The van der Waals surface area contributed by atoms with Crippen molar-refractivity contribution in [2.24, 2.45) is 5.92 Å². The Morgan fingerprint density at radius 2 is 1.40 bits per heavy atom. The summed E-state index contributed by atoms with van der Waals surface area (Å²) in [5.41, 5.74) is 3.49. The molecular formula is C27H28ClNO. The van der Waals surface area contributed by atoms with E-state index in [9.17, 15) is 0 Å². The van der Waals surface area contributed by atoms with E-state index in [1.54, 1.807) is 0 Å². The fourth-order valence-electron chi connectivity index (χ4n) is 5.39. The molecule has 2 nitrogen and oxygen atoms in total. The van der Waals surface area contributed by atoms with E-state index in [1.807, 2.05) is 12.1 Å². The second-order valence-corrected chi connectivity index (χ2v) is 9.09. The molecule has 0 aromatic heterocycles. The third kappa shape index (κ3) is 3.80. The van der Waals surface area contributed by atoms with Gasteiger partial charge in [-0.2, -0.15) is 0 Å². The van der Waals surface area contributed by atoms with E-state index < -0.39 is 0 Å². The normalized spacial score (nSPS) is 25.5. The molecule has 6 rings (SSSR count). The molecule has 0 amide bonds. The summed E-state index contributed by atoms with van der Waals surface area (Å²) in [6, 6.07) is 29.9. The van der Waals surface area contributed by atoms with E-state index >= 15 is 0 Å². The third-order valence-electron chi connectivity index (χ3n) is 6.85. The molecule has 3 fully saturated rings. The fourth-order valence-corrected chi connectivity index (χ4v) is 5.51. The van der Waals surface area contributed by atoms with Crippen molar-refractivity contribution in [3.05, 3.63) is 107 Å². The second kappa shape index (κ2) is 8.55. The Morgan fingerprint density at radius 1 is 0.833 bits per heavy atom. The largest absolute Gasteiger partial charge is 0.355 e. The maximum absolute atomic E-state index is 6.98. The molecule has 3 saturated heterocycles. The van der Waals surface area contributed by atoms with Crippen LogP contribution in [-0.4, -0.2) is 23.7 Å². The number of piperidine rings is 3. The van der Waals surface area contributed by atoms with E-state index in [4.69, 9.17) is 16.3 Å². The van der Waals surface area contributed by atoms with E-state index in [2.05, 4.69) is 77.7 Å². The highest BCUT2D eigenvalue weighted by Crippen LogP contribution is 2.50. The molecule has 0 radical (unpaired) electrons. The van der Waals surface area contributed by atoms with Crippen LogP contribution in [-0.2, 0) is 11.3 Å². The van der Waals surface area contributed by atoms with Crippen molar-refractivity contribution in [1.82, 2.24) is 4.90 Å². The molecule has 2 bridgehead atoms. The summed E-state index contributed by atoms with van der Waals surface area (Å²) in [5, 5.41) is 0.764. The van der Waals surface area contributed by atoms with Crippen LogP contribution < -0.4 is 0 Å². The second-order valence-electron chi connectivity index (χ2n) is 8.65. The quantitative estimate of drug-likeness (QED) is 0.453. The zero-order chi connectivity index (χ0) is 20.4. The molecule has 0 saturated carbocycles. The smallest absolute Gasteiger partial charge is 0.133 e. The van der Waals surface area contributed by atoms with E-state index in [1.165, 1.54) is 29.5 Å². The van der Waals surface area contributed by atoms with Crippen molar-refractivity contribution < 1.29 is 4.74 Å². The van der Waals surface area contributed by atoms with Gasteiger partial charge in [-0.25, -0.2) is 0 Å². The molecule has 3 aliphatic rings. The lowest BCUT2D eigenvalue weighted by atomic mass is 9.71. The summed E-state index contributed by atoms with van der Waals surface area (Å²) in [6.07, 6.45) is 3.64. The molecule has 0 N–H and O–H groups in total. The first-order valence-electron chi connectivity index (χ1n) is 11.0. The molecule has 1 atom stereocenters. The standard InChI is InChI=1S/C27H28ClNO/c28-25-13-11-22(12-14-25)20-30-27(19-21-15-17-29(27)18-16-21)26(23-7-3-1-4-8-23)24-9-5-2-6-10-24/h1-14,21,26H,15-20H2. The van der Waals surface area contributed by atoms with Crippen molar-refractivity contribution in [1.29, 1.82) is 0 Å². The number of hydrogen-bond acceptors (Lipinski definition) is 2.